The third kappa shape index (κ3) is 2.80. The summed E-state index contributed by atoms with van der Waals surface area (Å²) in [6.45, 7) is 3.20. The maximum atomic E-state index is 11.4. The smallest absolute Gasteiger partial charge is 0.328 e. The molecule has 1 aromatic heterocycles. The first-order chi connectivity index (χ1) is 7.04. The van der Waals surface area contributed by atoms with E-state index >= 15 is 0 Å². The Bertz CT molecular complexity index is 372. The van der Waals surface area contributed by atoms with Gasteiger partial charge in [-0.05, 0) is 13.8 Å². The predicted octanol–water partition coefficient (Wildman–Crippen LogP) is 0.274. The molecule has 0 bridgehead atoms. The Kier molecular flexibility index (Phi) is 3.43. The van der Waals surface area contributed by atoms with Crippen molar-refractivity contribution in [2.45, 2.75) is 19.9 Å². The van der Waals surface area contributed by atoms with Gasteiger partial charge < -0.3 is 14.6 Å². The Labute approximate surface area is 86.6 Å². The second-order valence-corrected chi connectivity index (χ2v) is 3.04. The third-order valence-corrected chi connectivity index (χ3v) is 1.76. The summed E-state index contributed by atoms with van der Waals surface area (Å²) in [7, 11) is 1.26. The van der Waals surface area contributed by atoms with E-state index in [1.165, 1.54) is 20.1 Å². The highest BCUT2D eigenvalue weighted by molar-refractivity contribution is 5.94. The second kappa shape index (κ2) is 4.59. The molecule has 15 heavy (non-hydrogen) atoms. The number of aryl methyl sites for hydroxylation is 1. The molecule has 0 saturated carbocycles. The zero-order chi connectivity index (χ0) is 11.4. The molecule has 1 aromatic rings. The quantitative estimate of drug-likeness (QED) is 0.727. The Morgan fingerprint density at radius 1 is 1.60 bits per heavy atom. The minimum absolute atomic E-state index is 0.142. The van der Waals surface area contributed by atoms with E-state index in [2.05, 4.69) is 15.2 Å². The van der Waals surface area contributed by atoms with E-state index < -0.39 is 17.9 Å². The number of aromatic nitrogens is 1. The van der Waals surface area contributed by atoms with Gasteiger partial charge >= 0.3 is 5.97 Å². The van der Waals surface area contributed by atoms with Crippen molar-refractivity contribution in [2.75, 3.05) is 7.11 Å². The van der Waals surface area contributed by atoms with Crippen molar-refractivity contribution in [1.29, 1.82) is 0 Å². The highest BCUT2D eigenvalue weighted by Crippen LogP contribution is 2.01. The second-order valence-electron chi connectivity index (χ2n) is 3.04. The number of rotatable bonds is 3. The normalized spacial score (nSPS) is 11.9. The lowest BCUT2D eigenvalue weighted by Gasteiger charge is -2.09. The standard InChI is InChI=1S/C9H12N2O4/c1-5-4-7(11-15-5)8(12)10-6(2)9(13)14-3/h4,6H,1-3H3,(H,10,12). The van der Waals surface area contributed by atoms with Gasteiger partial charge in [0.1, 0.15) is 11.8 Å². The number of hydrogen-bond donors (Lipinski definition) is 1. The molecule has 0 aliphatic carbocycles. The molecule has 0 radical (unpaired) electrons. The molecule has 0 aliphatic heterocycles. The van der Waals surface area contributed by atoms with Gasteiger partial charge in [-0.25, -0.2) is 4.79 Å². The van der Waals surface area contributed by atoms with Gasteiger partial charge in [0.25, 0.3) is 5.91 Å². The third-order valence-electron chi connectivity index (χ3n) is 1.76. The number of ether oxygens (including phenoxy) is 1. The maximum absolute atomic E-state index is 11.4. The summed E-state index contributed by atoms with van der Waals surface area (Å²) in [4.78, 5) is 22.5. The average Bonchev–Trinajstić information content (AvgIpc) is 2.63. The van der Waals surface area contributed by atoms with Crippen molar-refractivity contribution in [3.8, 4) is 0 Å². The lowest BCUT2D eigenvalue weighted by atomic mass is 10.3. The number of carbonyl (C=O) groups is 2. The lowest BCUT2D eigenvalue weighted by molar-refractivity contribution is -0.142. The number of carbonyl (C=O) groups excluding carboxylic acids is 2. The van der Waals surface area contributed by atoms with E-state index in [1.807, 2.05) is 0 Å². The predicted molar refractivity (Wildman–Crippen MR) is 50.2 cm³/mol. The van der Waals surface area contributed by atoms with Crippen molar-refractivity contribution in [3.05, 3.63) is 17.5 Å². The molecular weight excluding hydrogens is 200 g/mol. The summed E-state index contributed by atoms with van der Waals surface area (Å²) in [6.07, 6.45) is 0. The van der Waals surface area contributed by atoms with Crippen LogP contribution in [0, 0.1) is 6.92 Å². The topological polar surface area (TPSA) is 81.4 Å². The van der Waals surface area contributed by atoms with Crippen LogP contribution in [0.3, 0.4) is 0 Å². The largest absolute Gasteiger partial charge is 0.467 e. The van der Waals surface area contributed by atoms with Crippen LogP contribution in [0.4, 0.5) is 0 Å². The van der Waals surface area contributed by atoms with Crippen LogP contribution in [0.5, 0.6) is 0 Å². The van der Waals surface area contributed by atoms with E-state index in [-0.39, 0.29) is 5.69 Å². The number of nitrogens with one attached hydrogen (secondary N) is 1. The summed E-state index contributed by atoms with van der Waals surface area (Å²) in [5.74, 6) is -0.445. The number of esters is 1. The molecular formula is C9H12N2O4. The first-order valence-electron chi connectivity index (χ1n) is 4.36. The molecule has 0 aliphatic rings. The lowest BCUT2D eigenvalue weighted by Crippen LogP contribution is -2.39. The fourth-order valence-electron chi connectivity index (χ4n) is 0.980. The van der Waals surface area contributed by atoms with Crippen molar-refractivity contribution >= 4 is 11.9 Å². The molecule has 0 spiro atoms. The summed E-state index contributed by atoms with van der Waals surface area (Å²) >= 11 is 0. The van der Waals surface area contributed by atoms with E-state index in [9.17, 15) is 9.59 Å². The summed E-state index contributed by atoms with van der Waals surface area (Å²) in [6, 6.07) is 0.777. The molecule has 0 aromatic carbocycles. The van der Waals surface area contributed by atoms with Gasteiger partial charge in [0.2, 0.25) is 0 Å². The van der Waals surface area contributed by atoms with Crippen LogP contribution in [0.15, 0.2) is 10.6 Å². The van der Waals surface area contributed by atoms with Gasteiger partial charge in [-0.2, -0.15) is 0 Å². The Morgan fingerprint density at radius 2 is 2.27 bits per heavy atom. The molecule has 1 unspecified atom stereocenters. The molecule has 1 rings (SSSR count). The Balaban J connectivity index is 2.60. The molecule has 0 saturated heterocycles. The SMILES string of the molecule is COC(=O)C(C)NC(=O)c1cc(C)on1. The van der Waals surface area contributed by atoms with Crippen LogP contribution in [-0.4, -0.2) is 30.2 Å². The highest BCUT2D eigenvalue weighted by Gasteiger charge is 2.18. The summed E-state index contributed by atoms with van der Waals surface area (Å²) < 4.78 is 9.18. The molecule has 6 nitrogen and oxygen atoms in total. The van der Waals surface area contributed by atoms with Crippen molar-refractivity contribution in [2.24, 2.45) is 0 Å². The van der Waals surface area contributed by atoms with Gasteiger partial charge in [-0.1, -0.05) is 5.16 Å². The first-order valence-corrected chi connectivity index (χ1v) is 4.36. The van der Waals surface area contributed by atoms with E-state index in [0.717, 1.165) is 0 Å². The van der Waals surface area contributed by atoms with Crippen molar-refractivity contribution < 1.29 is 18.8 Å². The first kappa shape index (κ1) is 11.2. The van der Waals surface area contributed by atoms with E-state index in [1.54, 1.807) is 6.92 Å². The maximum Gasteiger partial charge on any atom is 0.328 e. The van der Waals surface area contributed by atoms with E-state index in [4.69, 9.17) is 4.52 Å². The van der Waals surface area contributed by atoms with Crippen LogP contribution >= 0.6 is 0 Å². The number of methoxy groups -OCH3 is 1. The molecule has 1 N–H and O–H groups in total. The molecule has 1 atom stereocenters. The molecule has 6 heteroatoms. The van der Waals surface area contributed by atoms with E-state index in [0.29, 0.717) is 5.76 Å². The van der Waals surface area contributed by atoms with Crippen LogP contribution in [0.25, 0.3) is 0 Å². The van der Waals surface area contributed by atoms with Crippen LogP contribution in [0.2, 0.25) is 0 Å². The molecule has 0 fully saturated rings. The van der Waals surface area contributed by atoms with Crippen LogP contribution < -0.4 is 5.32 Å². The molecule has 1 heterocycles. The fraction of sp³-hybridized carbons (Fsp3) is 0.444. The number of hydrogen-bond acceptors (Lipinski definition) is 5. The van der Waals surface area contributed by atoms with Crippen LogP contribution in [-0.2, 0) is 9.53 Å². The molecule has 1 amide bonds. The minimum atomic E-state index is -0.709. The van der Waals surface area contributed by atoms with Crippen LogP contribution in [0.1, 0.15) is 23.2 Å². The van der Waals surface area contributed by atoms with Gasteiger partial charge in [0, 0.05) is 6.07 Å². The van der Waals surface area contributed by atoms with Crippen molar-refractivity contribution in [1.82, 2.24) is 10.5 Å². The Morgan fingerprint density at radius 3 is 2.73 bits per heavy atom. The average molecular weight is 212 g/mol. The zero-order valence-electron chi connectivity index (χ0n) is 8.73. The van der Waals surface area contributed by atoms with Gasteiger partial charge in [-0.15, -0.1) is 0 Å². The monoisotopic (exact) mass is 212 g/mol. The molecule has 82 valence electrons. The van der Waals surface area contributed by atoms with Gasteiger partial charge in [0.05, 0.1) is 7.11 Å². The summed E-state index contributed by atoms with van der Waals surface area (Å²) in [5.41, 5.74) is 0.142. The Hall–Kier alpha value is -1.85. The minimum Gasteiger partial charge on any atom is -0.467 e. The zero-order valence-corrected chi connectivity index (χ0v) is 8.73. The number of amides is 1. The number of nitrogens with zero attached hydrogens (tertiary/aromatic N) is 1. The van der Waals surface area contributed by atoms with Gasteiger partial charge in [-0.3, -0.25) is 4.79 Å². The van der Waals surface area contributed by atoms with Gasteiger partial charge in [0.15, 0.2) is 5.69 Å². The highest BCUT2D eigenvalue weighted by atomic mass is 16.5. The fourth-order valence-corrected chi connectivity index (χ4v) is 0.980. The summed E-state index contributed by atoms with van der Waals surface area (Å²) in [5, 5.41) is 5.94. The van der Waals surface area contributed by atoms with Crippen molar-refractivity contribution in [3.63, 3.8) is 0 Å².